The number of rotatable bonds is 3. The van der Waals surface area contributed by atoms with Crippen molar-refractivity contribution in [3.05, 3.63) is 0 Å². The summed E-state index contributed by atoms with van der Waals surface area (Å²) in [4.78, 5) is 11.5. The molecule has 2 rings (SSSR count). The van der Waals surface area contributed by atoms with Crippen LogP contribution in [0.5, 0.6) is 0 Å². The van der Waals surface area contributed by atoms with Gasteiger partial charge in [-0.2, -0.15) is 0 Å². The van der Waals surface area contributed by atoms with Crippen LogP contribution in [0.4, 0.5) is 0 Å². The van der Waals surface area contributed by atoms with E-state index in [1.807, 2.05) is 6.92 Å². The highest BCUT2D eigenvalue weighted by Crippen LogP contribution is 2.51. The van der Waals surface area contributed by atoms with Crippen molar-refractivity contribution in [3.8, 4) is 0 Å². The molecule has 2 atom stereocenters. The fourth-order valence-electron chi connectivity index (χ4n) is 3.41. The van der Waals surface area contributed by atoms with Crippen LogP contribution < -0.4 is 10.6 Å². The van der Waals surface area contributed by atoms with Crippen molar-refractivity contribution in [1.82, 2.24) is 10.6 Å². The maximum atomic E-state index is 11.5. The standard InChI is InChI=1S/C13H24N2O/c1-10(12(16)14-2)15-11-6-9-13(11)7-4-3-5-8-13/h10-11,15H,3-9H2,1-2H3,(H,14,16). The van der Waals surface area contributed by atoms with Crippen LogP contribution in [-0.4, -0.2) is 25.0 Å². The van der Waals surface area contributed by atoms with Gasteiger partial charge in [-0.05, 0) is 38.0 Å². The molecule has 2 aliphatic rings. The second-order valence-corrected chi connectivity index (χ2v) is 5.52. The van der Waals surface area contributed by atoms with Gasteiger partial charge in [-0.1, -0.05) is 19.3 Å². The van der Waals surface area contributed by atoms with Crippen LogP contribution >= 0.6 is 0 Å². The van der Waals surface area contributed by atoms with E-state index in [0.29, 0.717) is 11.5 Å². The second kappa shape index (κ2) is 4.74. The molecule has 2 aliphatic carbocycles. The van der Waals surface area contributed by atoms with E-state index >= 15 is 0 Å². The van der Waals surface area contributed by atoms with E-state index in [-0.39, 0.29) is 11.9 Å². The lowest BCUT2D eigenvalue weighted by molar-refractivity contribution is -0.123. The number of carbonyl (C=O) groups excluding carboxylic acids is 1. The largest absolute Gasteiger partial charge is 0.358 e. The quantitative estimate of drug-likeness (QED) is 0.768. The third kappa shape index (κ3) is 2.10. The van der Waals surface area contributed by atoms with Crippen molar-refractivity contribution in [1.29, 1.82) is 0 Å². The van der Waals surface area contributed by atoms with Crippen LogP contribution in [-0.2, 0) is 4.79 Å². The third-order valence-corrected chi connectivity index (χ3v) is 4.61. The molecule has 1 spiro atoms. The minimum atomic E-state index is -0.0471. The van der Waals surface area contributed by atoms with Crippen molar-refractivity contribution in [2.24, 2.45) is 5.41 Å². The summed E-state index contributed by atoms with van der Waals surface area (Å²) in [7, 11) is 1.71. The molecule has 3 heteroatoms. The van der Waals surface area contributed by atoms with Gasteiger partial charge in [0, 0.05) is 13.1 Å². The average Bonchev–Trinajstić information content (AvgIpc) is 2.34. The number of likely N-dealkylation sites (N-methyl/N-ethyl adjacent to an activating group) is 1. The SMILES string of the molecule is CNC(=O)C(C)NC1CCC12CCCCC2. The normalized spacial score (nSPS) is 29.5. The first-order valence-corrected chi connectivity index (χ1v) is 6.66. The molecule has 1 amide bonds. The number of amides is 1. The predicted octanol–water partition coefficient (Wildman–Crippen LogP) is 1.82. The maximum absolute atomic E-state index is 11.5. The van der Waals surface area contributed by atoms with Crippen molar-refractivity contribution in [2.45, 2.75) is 64.0 Å². The van der Waals surface area contributed by atoms with Gasteiger partial charge < -0.3 is 10.6 Å². The van der Waals surface area contributed by atoms with E-state index < -0.39 is 0 Å². The molecule has 2 unspecified atom stereocenters. The summed E-state index contributed by atoms with van der Waals surface area (Å²) >= 11 is 0. The van der Waals surface area contributed by atoms with Crippen molar-refractivity contribution in [2.75, 3.05) is 7.05 Å². The van der Waals surface area contributed by atoms with Crippen LogP contribution in [0.1, 0.15) is 51.9 Å². The Morgan fingerprint density at radius 3 is 2.44 bits per heavy atom. The van der Waals surface area contributed by atoms with Gasteiger partial charge in [0.15, 0.2) is 0 Å². The predicted molar refractivity (Wildman–Crippen MR) is 65.2 cm³/mol. The average molecular weight is 224 g/mol. The van der Waals surface area contributed by atoms with Gasteiger partial charge in [-0.3, -0.25) is 4.79 Å². The van der Waals surface area contributed by atoms with Gasteiger partial charge in [0.05, 0.1) is 6.04 Å². The summed E-state index contributed by atoms with van der Waals surface area (Å²) in [5.41, 5.74) is 0.542. The Balaban J connectivity index is 1.88. The Bertz CT molecular complexity index is 259. The first kappa shape index (κ1) is 11.9. The lowest BCUT2D eigenvalue weighted by Crippen LogP contribution is -2.58. The topological polar surface area (TPSA) is 41.1 Å². The number of hydrogen-bond donors (Lipinski definition) is 2. The lowest BCUT2D eigenvalue weighted by atomic mass is 9.57. The van der Waals surface area contributed by atoms with E-state index in [1.165, 1.54) is 44.9 Å². The summed E-state index contributed by atoms with van der Waals surface area (Å²) in [5, 5.41) is 6.22. The van der Waals surface area contributed by atoms with Crippen LogP contribution in [0.15, 0.2) is 0 Å². The Morgan fingerprint density at radius 2 is 1.94 bits per heavy atom. The monoisotopic (exact) mass is 224 g/mol. The van der Waals surface area contributed by atoms with Crippen LogP contribution in [0.25, 0.3) is 0 Å². The zero-order valence-corrected chi connectivity index (χ0v) is 10.5. The molecule has 92 valence electrons. The Morgan fingerprint density at radius 1 is 1.25 bits per heavy atom. The maximum Gasteiger partial charge on any atom is 0.236 e. The molecular formula is C13H24N2O. The van der Waals surface area contributed by atoms with Gasteiger partial charge in [0.2, 0.25) is 5.91 Å². The van der Waals surface area contributed by atoms with E-state index in [0.717, 1.165) is 0 Å². The van der Waals surface area contributed by atoms with Crippen molar-refractivity contribution < 1.29 is 4.79 Å². The Kier molecular flexibility index (Phi) is 3.53. The van der Waals surface area contributed by atoms with Gasteiger partial charge in [0.1, 0.15) is 0 Å². The van der Waals surface area contributed by atoms with E-state index in [1.54, 1.807) is 7.05 Å². The molecule has 0 aromatic carbocycles. The second-order valence-electron chi connectivity index (χ2n) is 5.52. The van der Waals surface area contributed by atoms with Crippen molar-refractivity contribution >= 4 is 5.91 Å². The molecule has 0 saturated heterocycles. The van der Waals surface area contributed by atoms with Gasteiger partial charge in [-0.25, -0.2) is 0 Å². The molecule has 0 heterocycles. The fraction of sp³-hybridized carbons (Fsp3) is 0.923. The zero-order valence-electron chi connectivity index (χ0n) is 10.5. The van der Waals surface area contributed by atoms with Crippen LogP contribution in [0, 0.1) is 5.41 Å². The first-order chi connectivity index (χ1) is 7.68. The summed E-state index contributed by atoms with van der Waals surface area (Å²) in [6, 6.07) is 0.536. The van der Waals surface area contributed by atoms with E-state index in [2.05, 4.69) is 10.6 Å². The molecule has 2 fully saturated rings. The number of nitrogens with one attached hydrogen (secondary N) is 2. The van der Waals surface area contributed by atoms with Crippen molar-refractivity contribution in [3.63, 3.8) is 0 Å². The molecule has 16 heavy (non-hydrogen) atoms. The minimum Gasteiger partial charge on any atom is -0.358 e. The zero-order chi connectivity index (χ0) is 11.6. The number of carbonyl (C=O) groups is 1. The fourth-order valence-corrected chi connectivity index (χ4v) is 3.41. The highest BCUT2D eigenvalue weighted by atomic mass is 16.2. The molecule has 0 radical (unpaired) electrons. The summed E-state index contributed by atoms with van der Waals surface area (Å²) in [6.07, 6.45) is 9.52. The summed E-state index contributed by atoms with van der Waals surface area (Å²) < 4.78 is 0. The molecule has 0 aromatic heterocycles. The smallest absolute Gasteiger partial charge is 0.236 e. The molecule has 0 bridgehead atoms. The molecular weight excluding hydrogens is 200 g/mol. The van der Waals surface area contributed by atoms with Gasteiger partial charge >= 0.3 is 0 Å². The minimum absolute atomic E-state index is 0.0471. The molecule has 2 N–H and O–H groups in total. The lowest BCUT2D eigenvalue weighted by Gasteiger charge is -2.53. The summed E-state index contributed by atoms with van der Waals surface area (Å²) in [6.45, 7) is 1.97. The molecule has 0 aliphatic heterocycles. The summed E-state index contributed by atoms with van der Waals surface area (Å²) in [5.74, 6) is 0.109. The first-order valence-electron chi connectivity index (χ1n) is 6.66. The Hall–Kier alpha value is -0.570. The third-order valence-electron chi connectivity index (χ3n) is 4.61. The van der Waals surface area contributed by atoms with E-state index in [4.69, 9.17) is 0 Å². The highest BCUT2D eigenvalue weighted by Gasteiger charge is 2.47. The Labute approximate surface area is 98.4 Å². The molecule has 2 saturated carbocycles. The number of hydrogen-bond acceptors (Lipinski definition) is 2. The van der Waals surface area contributed by atoms with Gasteiger partial charge in [-0.15, -0.1) is 0 Å². The van der Waals surface area contributed by atoms with Crippen LogP contribution in [0.2, 0.25) is 0 Å². The molecule has 3 nitrogen and oxygen atoms in total. The van der Waals surface area contributed by atoms with Gasteiger partial charge in [0.25, 0.3) is 0 Å². The molecule has 0 aromatic rings. The van der Waals surface area contributed by atoms with E-state index in [9.17, 15) is 4.79 Å². The highest BCUT2D eigenvalue weighted by molar-refractivity contribution is 5.80. The van der Waals surface area contributed by atoms with Crippen LogP contribution in [0.3, 0.4) is 0 Å².